The molecule has 0 fully saturated rings. The number of para-hydroxylation sites is 1. The first-order chi connectivity index (χ1) is 10.1. The first-order valence-corrected chi connectivity index (χ1v) is 11.1. The summed E-state index contributed by atoms with van der Waals surface area (Å²) in [5.74, 6) is -0.0183. The molecule has 0 aliphatic heterocycles. The number of benzene rings is 2. The van der Waals surface area contributed by atoms with Crippen LogP contribution in [0.4, 0.5) is 4.39 Å². The molecule has 0 saturated heterocycles. The molecule has 0 heterocycles. The molecule has 0 amide bonds. The van der Waals surface area contributed by atoms with Gasteiger partial charge >= 0.3 is 35.6 Å². The molecule has 0 spiro atoms. The van der Waals surface area contributed by atoms with Gasteiger partial charge in [0.2, 0.25) is 0 Å². The second kappa shape index (κ2) is 10.3. The van der Waals surface area contributed by atoms with Gasteiger partial charge in [-0.05, 0) is 23.5 Å². The molecule has 0 aliphatic carbocycles. The van der Waals surface area contributed by atoms with Crippen molar-refractivity contribution in [2.45, 2.75) is 0 Å². The standard InChI is InChI=1S/C14H13FNOP.2ClH.Ti/c1-16-9-10-8-11(15)6-7-13(10)18-14-5-3-2-4-12(14)17;;;/h2-9,17-18H,1H3;2*1H;/q;;;+2/p-2. The number of halogens is 3. The fourth-order valence-electron chi connectivity index (χ4n) is 1.62. The monoisotopic (exact) mass is 379 g/mol. The first kappa shape index (κ1) is 18.6. The topological polar surface area (TPSA) is 32.6 Å². The summed E-state index contributed by atoms with van der Waals surface area (Å²) in [5.41, 5.74) is 0.749. The third-order valence-electron chi connectivity index (χ3n) is 2.46. The molecular formula is C14H13Cl2FNOPTi. The molecule has 0 aromatic heterocycles. The number of aromatic hydroxyl groups is 1. The molecule has 0 saturated carbocycles. The molecule has 0 radical (unpaired) electrons. The number of phenols is 1. The van der Waals surface area contributed by atoms with E-state index in [-0.39, 0.29) is 20.1 Å². The predicted molar refractivity (Wildman–Crippen MR) is 87.3 cm³/mol. The maximum atomic E-state index is 13.2. The average Bonchev–Trinajstić information content (AvgIpc) is 2.45. The van der Waals surface area contributed by atoms with E-state index < -0.39 is 17.0 Å². The second-order valence-corrected chi connectivity index (χ2v) is 7.74. The van der Waals surface area contributed by atoms with Gasteiger partial charge in [0, 0.05) is 24.1 Å². The van der Waals surface area contributed by atoms with Crippen LogP contribution in [-0.4, -0.2) is 18.4 Å². The average molecular weight is 380 g/mol. The predicted octanol–water partition coefficient (Wildman–Crippen LogP) is 3.59. The zero-order chi connectivity index (χ0) is 15.7. The van der Waals surface area contributed by atoms with Gasteiger partial charge in [0.25, 0.3) is 0 Å². The van der Waals surface area contributed by atoms with Crippen molar-refractivity contribution in [1.82, 2.24) is 0 Å². The number of phenolic OH excluding ortho intramolecular Hbond substituents is 1. The van der Waals surface area contributed by atoms with E-state index in [0.717, 1.165) is 16.2 Å². The molecule has 21 heavy (non-hydrogen) atoms. The minimum atomic E-state index is -0.556. The summed E-state index contributed by atoms with van der Waals surface area (Å²) in [7, 11) is 11.7. The Balaban J connectivity index is 0.000000677. The molecule has 0 bridgehead atoms. The maximum absolute atomic E-state index is 13.2. The minimum absolute atomic E-state index is 0.263. The Morgan fingerprint density at radius 1 is 1.19 bits per heavy atom. The number of rotatable bonds is 3. The van der Waals surface area contributed by atoms with Crippen LogP contribution in [0.2, 0.25) is 0 Å². The molecule has 2 aromatic rings. The Labute approximate surface area is 141 Å². The van der Waals surface area contributed by atoms with Crippen molar-refractivity contribution in [3.8, 4) is 5.75 Å². The summed E-state index contributed by atoms with van der Waals surface area (Å²) < 4.78 is 13.2. The van der Waals surface area contributed by atoms with Crippen molar-refractivity contribution in [3.63, 3.8) is 0 Å². The zero-order valence-electron chi connectivity index (χ0n) is 11.1. The summed E-state index contributed by atoms with van der Waals surface area (Å²) >= 11 is -0.556. The second-order valence-electron chi connectivity index (χ2n) is 3.83. The number of hydrogen-bond donors (Lipinski definition) is 1. The van der Waals surface area contributed by atoms with E-state index in [1.807, 2.05) is 12.1 Å². The molecule has 1 atom stereocenters. The summed E-state index contributed by atoms with van der Waals surface area (Å²) in [6.07, 6.45) is 1.63. The van der Waals surface area contributed by atoms with Gasteiger partial charge in [-0.25, -0.2) is 4.39 Å². The molecule has 2 rings (SSSR count). The van der Waals surface area contributed by atoms with Gasteiger partial charge in [-0.2, -0.15) is 0 Å². The van der Waals surface area contributed by atoms with Crippen LogP contribution in [0.3, 0.4) is 0 Å². The van der Waals surface area contributed by atoms with Crippen molar-refractivity contribution in [3.05, 3.63) is 53.8 Å². The molecule has 1 N–H and O–H groups in total. The Morgan fingerprint density at radius 3 is 2.48 bits per heavy atom. The Bertz CT molecular complexity index is 613. The van der Waals surface area contributed by atoms with E-state index in [0.29, 0.717) is 0 Å². The molecule has 110 valence electrons. The summed E-state index contributed by atoms with van der Waals surface area (Å²) in [6.45, 7) is 0. The van der Waals surface area contributed by atoms with Crippen LogP contribution in [0.5, 0.6) is 5.75 Å². The SMILES string of the molecule is CN=Cc1cc(F)ccc1Pc1ccccc1O.[Cl][Ti][Cl]. The van der Waals surface area contributed by atoms with Crippen LogP contribution in [0.15, 0.2) is 47.5 Å². The van der Waals surface area contributed by atoms with E-state index >= 15 is 0 Å². The third kappa shape index (κ3) is 6.46. The molecule has 7 heteroatoms. The van der Waals surface area contributed by atoms with E-state index in [2.05, 4.69) is 4.99 Å². The Morgan fingerprint density at radius 2 is 1.86 bits per heavy atom. The van der Waals surface area contributed by atoms with E-state index in [9.17, 15) is 9.50 Å². The first-order valence-electron chi connectivity index (χ1n) is 5.85. The van der Waals surface area contributed by atoms with Gasteiger partial charge in [-0.3, -0.25) is 4.99 Å². The van der Waals surface area contributed by atoms with Gasteiger partial charge in [0.05, 0.1) is 0 Å². The van der Waals surface area contributed by atoms with Crippen LogP contribution in [0.1, 0.15) is 5.56 Å². The molecule has 2 nitrogen and oxygen atoms in total. The van der Waals surface area contributed by atoms with Crippen LogP contribution >= 0.6 is 27.2 Å². The van der Waals surface area contributed by atoms with Crippen molar-refractivity contribution < 1.29 is 26.5 Å². The van der Waals surface area contributed by atoms with Crippen LogP contribution in [-0.2, 0) is 17.0 Å². The number of aliphatic imine (C=N–C) groups is 1. The van der Waals surface area contributed by atoms with Gasteiger partial charge in [0.1, 0.15) is 11.6 Å². The van der Waals surface area contributed by atoms with E-state index in [1.165, 1.54) is 12.1 Å². The van der Waals surface area contributed by atoms with Gasteiger partial charge in [0.15, 0.2) is 0 Å². The zero-order valence-corrected chi connectivity index (χ0v) is 15.2. The van der Waals surface area contributed by atoms with Gasteiger partial charge in [-0.15, -0.1) is 0 Å². The van der Waals surface area contributed by atoms with Gasteiger partial charge in [-0.1, -0.05) is 32.8 Å². The summed E-state index contributed by atoms with van der Waals surface area (Å²) in [6, 6.07) is 11.8. The third-order valence-corrected chi connectivity index (χ3v) is 3.87. The van der Waals surface area contributed by atoms with E-state index in [4.69, 9.17) is 18.6 Å². The van der Waals surface area contributed by atoms with E-state index in [1.54, 1.807) is 31.5 Å². The quantitative estimate of drug-likeness (QED) is 0.493. The van der Waals surface area contributed by atoms with Crippen molar-refractivity contribution in [2.24, 2.45) is 4.99 Å². The Hall–Kier alpha value is -0.436. The fourth-order valence-corrected chi connectivity index (χ4v) is 2.75. The van der Waals surface area contributed by atoms with Crippen LogP contribution in [0, 0.1) is 5.82 Å². The molecule has 1 unspecified atom stereocenters. The number of hydrogen-bond acceptors (Lipinski definition) is 2. The molecular weight excluding hydrogens is 367 g/mol. The van der Waals surface area contributed by atoms with Crippen molar-refractivity contribution in [2.75, 3.05) is 7.05 Å². The van der Waals surface area contributed by atoms with Crippen molar-refractivity contribution in [1.29, 1.82) is 0 Å². The van der Waals surface area contributed by atoms with Crippen LogP contribution < -0.4 is 10.6 Å². The molecule has 2 aromatic carbocycles. The molecule has 0 aliphatic rings. The number of nitrogens with zero attached hydrogens (tertiary/aromatic N) is 1. The van der Waals surface area contributed by atoms with Crippen molar-refractivity contribution >= 4 is 44.0 Å². The van der Waals surface area contributed by atoms with Crippen LogP contribution in [0.25, 0.3) is 0 Å². The summed E-state index contributed by atoms with van der Waals surface area (Å²) in [5, 5.41) is 11.6. The van der Waals surface area contributed by atoms with Gasteiger partial charge < -0.3 is 5.11 Å². The fraction of sp³-hybridized carbons (Fsp3) is 0.0714. The Kier molecular flexibility index (Phi) is 9.14. The normalized spacial score (nSPS) is 10.7. The summed E-state index contributed by atoms with van der Waals surface area (Å²) in [4.78, 5) is 3.92.